The number of hydrogen-bond donors (Lipinski definition) is 2. The molecule has 1 aromatic rings. The fourth-order valence-corrected chi connectivity index (χ4v) is 3.62. The van der Waals surface area contributed by atoms with Crippen molar-refractivity contribution in [3.8, 4) is 0 Å². The SMILES string of the molecule is CC1CCCC(Sc2nc(NN)c(F)cc2F)C1. The molecule has 0 aliphatic heterocycles. The van der Waals surface area contributed by atoms with Crippen molar-refractivity contribution in [2.75, 3.05) is 5.43 Å². The molecule has 2 rings (SSSR count). The number of halogens is 2. The number of nitrogens with one attached hydrogen (secondary N) is 1. The number of hydrazine groups is 1. The molecule has 1 aliphatic rings. The summed E-state index contributed by atoms with van der Waals surface area (Å²) in [5.41, 5.74) is 2.14. The number of nitrogens with two attached hydrogens (primary N) is 1. The van der Waals surface area contributed by atoms with Crippen molar-refractivity contribution >= 4 is 17.6 Å². The second kappa shape index (κ2) is 5.84. The Morgan fingerprint density at radius 1 is 1.39 bits per heavy atom. The molecular weight excluding hydrogens is 256 g/mol. The molecule has 0 saturated heterocycles. The molecule has 1 fully saturated rings. The number of anilines is 1. The smallest absolute Gasteiger partial charge is 0.177 e. The van der Waals surface area contributed by atoms with Crippen molar-refractivity contribution in [2.24, 2.45) is 11.8 Å². The van der Waals surface area contributed by atoms with Crippen molar-refractivity contribution in [1.82, 2.24) is 4.98 Å². The Bertz CT molecular complexity index is 428. The van der Waals surface area contributed by atoms with E-state index < -0.39 is 11.6 Å². The second-order valence-corrected chi connectivity index (χ2v) is 6.05. The van der Waals surface area contributed by atoms with Crippen molar-refractivity contribution in [3.63, 3.8) is 0 Å². The Hall–Kier alpha value is -0.880. The van der Waals surface area contributed by atoms with E-state index in [2.05, 4.69) is 17.3 Å². The van der Waals surface area contributed by atoms with Gasteiger partial charge in [-0.25, -0.2) is 19.6 Å². The average molecular weight is 273 g/mol. The van der Waals surface area contributed by atoms with Crippen molar-refractivity contribution in [1.29, 1.82) is 0 Å². The third kappa shape index (κ3) is 3.11. The first-order chi connectivity index (χ1) is 8.60. The molecule has 0 radical (unpaired) electrons. The van der Waals surface area contributed by atoms with Gasteiger partial charge in [0.25, 0.3) is 0 Å². The van der Waals surface area contributed by atoms with Crippen LogP contribution in [-0.2, 0) is 0 Å². The number of hydrogen-bond acceptors (Lipinski definition) is 4. The highest BCUT2D eigenvalue weighted by molar-refractivity contribution is 7.99. The molecule has 1 aromatic heterocycles. The third-order valence-corrected chi connectivity index (χ3v) is 4.47. The maximum atomic E-state index is 13.6. The Kier molecular flexibility index (Phi) is 4.40. The Morgan fingerprint density at radius 3 is 2.83 bits per heavy atom. The highest BCUT2D eigenvalue weighted by Crippen LogP contribution is 2.36. The summed E-state index contributed by atoms with van der Waals surface area (Å²) in [6.45, 7) is 2.20. The van der Waals surface area contributed by atoms with E-state index >= 15 is 0 Å². The van der Waals surface area contributed by atoms with Gasteiger partial charge in [0, 0.05) is 11.3 Å². The van der Waals surface area contributed by atoms with E-state index in [1.807, 2.05) is 0 Å². The van der Waals surface area contributed by atoms with Crippen LogP contribution >= 0.6 is 11.8 Å². The summed E-state index contributed by atoms with van der Waals surface area (Å²) >= 11 is 1.38. The van der Waals surface area contributed by atoms with Gasteiger partial charge in [0.15, 0.2) is 17.5 Å². The van der Waals surface area contributed by atoms with Crippen molar-refractivity contribution < 1.29 is 8.78 Å². The van der Waals surface area contributed by atoms with E-state index in [-0.39, 0.29) is 10.8 Å². The van der Waals surface area contributed by atoms with E-state index in [0.29, 0.717) is 11.2 Å². The number of nitrogen functional groups attached to an aromatic ring is 1. The zero-order chi connectivity index (χ0) is 13.1. The molecule has 0 spiro atoms. The first kappa shape index (κ1) is 13.5. The van der Waals surface area contributed by atoms with Gasteiger partial charge < -0.3 is 5.43 Å². The number of aromatic nitrogens is 1. The second-order valence-electron chi connectivity index (χ2n) is 4.76. The zero-order valence-corrected chi connectivity index (χ0v) is 11.1. The Balaban J connectivity index is 2.13. The zero-order valence-electron chi connectivity index (χ0n) is 10.2. The van der Waals surface area contributed by atoms with Crippen LogP contribution in [0.3, 0.4) is 0 Å². The minimum absolute atomic E-state index is 0.109. The lowest BCUT2D eigenvalue weighted by Crippen LogP contribution is -2.16. The largest absolute Gasteiger partial charge is 0.306 e. The van der Waals surface area contributed by atoms with Gasteiger partial charge in [-0.3, -0.25) is 0 Å². The van der Waals surface area contributed by atoms with Crippen LogP contribution in [0.5, 0.6) is 0 Å². The predicted molar refractivity (Wildman–Crippen MR) is 69.2 cm³/mol. The molecule has 6 heteroatoms. The minimum atomic E-state index is -0.767. The summed E-state index contributed by atoms with van der Waals surface area (Å²) in [6.07, 6.45) is 4.49. The number of thioether (sulfide) groups is 1. The average Bonchev–Trinajstić information content (AvgIpc) is 2.33. The van der Waals surface area contributed by atoms with Crippen LogP contribution < -0.4 is 11.3 Å². The van der Waals surface area contributed by atoms with Crippen LogP contribution in [0, 0.1) is 17.6 Å². The number of nitrogens with zero attached hydrogens (tertiary/aromatic N) is 1. The fraction of sp³-hybridized carbons (Fsp3) is 0.583. The summed E-state index contributed by atoms with van der Waals surface area (Å²) in [5, 5.41) is 0.579. The molecule has 1 saturated carbocycles. The molecule has 2 atom stereocenters. The Labute approximate surface area is 110 Å². The van der Waals surface area contributed by atoms with Gasteiger partial charge in [-0.15, -0.1) is 0 Å². The number of rotatable bonds is 3. The van der Waals surface area contributed by atoms with Gasteiger partial charge >= 0.3 is 0 Å². The highest BCUT2D eigenvalue weighted by Gasteiger charge is 2.22. The first-order valence-electron chi connectivity index (χ1n) is 6.09. The topological polar surface area (TPSA) is 50.9 Å². The molecule has 2 unspecified atom stereocenters. The summed E-state index contributed by atoms with van der Waals surface area (Å²) in [4.78, 5) is 3.89. The molecule has 0 bridgehead atoms. The summed E-state index contributed by atoms with van der Waals surface area (Å²) in [7, 11) is 0. The van der Waals surface area contributed by atoms with E-state index in [1.165, 1.54) is 18.2 Å². The molecule has 3 nitrogen and oxygen atoms in total. The van der Waals surface area contributed by atoms with Gasteiger partial charge in [-0.2, -0.15) is 0 Å². The molecule has 18 heavy (non-hydrogen) atoms. The molecular formula is C12H17F2N3S. The monoisotopic (exact) mass is 273 g/mol. The van der Waals surface area contributed by atoms with Crippen LogP contribution in [0.4, 0.5) is 14.6 Å². The maximum absolute atomic E-state index is 13.6. The van der Waals surface area contributed by atoms with E-state index in [1.54, 1.807) is 0 Å². The van der Waals surface area contributed by atoms with Crippen molar-refractivity contribution in [3.05, 3.63) is 17.7 Å². The lowest BCUT2D eigenvalue weighted by molar-refractivity contribution is 0.393. The molecule has 100 valence electrons. The van der Waals surface area contributed by atoms with Gasteiger partial charge in [-0.1, -0.05) is 31.5 Å². The summed E-state index contributed by atoms with van der Waals surface area (Å²) in [5.74, 6) is 4.31. The summed E-state index contributed by atoms with van der Waals surface area (Å²) < 4.78 is 26.8. The molecule has 3 N–H and O–H groups in total. The van der Waals surface area contributed by atoms with E-state index in [9.17, 15) is 8.78 Å². The van der Waals surface area contributed by atoms with Crippen LogP contribution in [-0.4, -0.2) is 10.2 Å². The van der Waals surface area contributed by atoms with Crippen LogP contribution in [0.2, 0.25) is 0 Å². The quantitative estimate of drug-likeness (QED) is 0.655. The molecule has 0 aromatic carbocycles. The van der Waals surface area contributed by atoms with Gasteiger partial charge in [0.05, 0.1) is 0 Å². The van der Waals surface area contributed by atoms with E-state index in [4.69, 9.17) is 5.84 Å². The van der Waals surface area contributed by atoms with Crippen LogP contribution in [0.1, 0.15) is 32.6 Å². The molecule has 0 amide bonds. The van der Waals surface area contributed by atoms with Crippen LogP contribution in [0.15, 0.2) is 11.1 Å². The molecule has 1 aliphatic carbocycles. The maximum Gasteiger partial charge on any atom is 0.177 e. The fourth-order valence-electron chi connectivity index (χ4n) is 2.28. The number of pyridine rings is 1. The van der Waals surface area contributed by atoms with Crippen molar-refractivity contribution in [2.45, 2.75) is 42.9 Å². The van der Waals surface area contributed by atoms with Crippen LogP contribution in [0.25, 0.3) is 0 Å². The lowest BCUT2D eigenvalue weighted by Gasteiger charge is -2.25. The third-order valence-electron chi connectivity index (χ3n) is 3.20. The summed E-state index contributed by atoms with van der Waals surface area (Å²) in [6, 6.07) is 0.830. The standard InChI is InChI=1S/C12H17F2N3S/c1-7-3-2-4-8(5-7)18-12-10(14)6-9(13)11(16-12)17-15/h6-8H,2-5,15H2,1H3,(H,16,17). The van der Waals surface area contributed by atoms with Gasteiger partial charge in [-0.05, 0) is 18.8 Å². The van der Waals surface area contributed by atoms with Gasteiger partial charge in [0.1, 0.15) is 5.03 Å². The lowest BCUT2D eigenvalue weighted by atomic mass is 9.91. The Morgan fingerprint density at radius 2 is 2.17 bits per heavy atom. The minimum Gasteiger partial charge on any atom is -0.306 e. The highest BCUT2D eigenvalue weighted by atomic mass is 32.2. The molecule has 1 heterocycles. The van der Waals surface area contributed by atoms with E-state index in [0.717, 1.165) is 25.3 Å². The van der Waals surface area contributed by atoms with Gasteiger partial charge in [0.2, 0.25) is 0 Å². The normalized spacial score (nSPS) is 24.0. The predicted octanol–water partition coefficient (Wildman–Crippen LogP) is 3.32. The first-order valence-corrected chi connectivity index (χ1v) is 6.97.